The molecule has 9 heteroatoms. The molecule has 0 aliphatic carbocycles. The third kappa shape index (κ3) is 4.47. The van der Waals surface area contributed by atoms with Gasteiger partial charge < -0.3 is 13.9 Å². The Morgan fingerprint density at radius 2 is 2.15 bits per heavy atom. The highest BCUT2D eigenvalue weighted by atomic mass is 79.9. The van der Waals surface area contributed by atoms with Crippen LogP contribution in [-0.2, 0) is 9.53 Å². The van der Waals surface area contributed by atoms with E-state index in [2.05, 4.69) is 15.9 Å². The van der Waals surface area contributed by atoms with Crippen LogP contribution in [0.4, 0.5) is 0 Å². The van der Waals surface area contributed by atoms with Gasteiger partial charge in [-0.2, -0.15) is 0 Å². The van der Waals surface area contributed by atoms with Gasteiger partial charge in [0.05, 0.1) is 35.8 Å². The lowest BCUT2D eigenvalue weighted by Gasteiger charge is -2.27. The van der Waals surface area contributed by atoms with Gasteiger partial charge in [-0.3, -0.25) is 9.36 Å². The van der Waals surface area contributed by atoms with Crippen molar-refractivity contribution in [2.45, 2.75) is 32.7 Å². The number of ether oxygens (including phenoxy) is 2. The fourth-order valence-corrected chi connectivity index (χ4v) is 5.22. The molecule has 33 heavy (non-hydrogen) atoms. The molecule has 4 rings (SSSR count). The smallest absolute Gasteiger partial charge is 0.338 e. The summed E-state index contributed by atoms with van der Waals surface area (Å²) < 4.78 is 19.3. The van der Waals surface area contributed by atoms with Crippen molar-refractivity contribution in [1.82, 2.24) is 4.57 Å². The second-order valence-electron chi connectivity index (χ2n) is 7.32. The van der Waals surface area contributed by atoms with E-state index >= 15 is 0 Å². The minimum Gasteiger partial charge on any atom is -0.496 e. The number of esters is 1. The zero-order valence-electron chi connectivity index (χ0n) is 18.5. The summed E-state index contributed by atoms with van der Waals surface area (Å²) >= 11 is 4.78. The van der Waals surface area contributed by atoms with Crippen LogP contribution in [0.25, 0.3) is 6.08 Å². The molecule has 3 aromatic rings. The highest BCUT2D eigenvalue weighted by molar-refractivity contribution is 9.10. The van der Waals surface area contributed by atoms with Gasteiger partial charge in [0.1, 0.15) is 17.6 Å². The van der Waals surface area contributed by atoms with E-state index in [0.717, 1.165) is 10.9 Å². The van der Waals surface area contributed by atoms with Crippen LogP contribution >= 0.6 is 27.3 Å². The van der Waals surface area contributed by atoms with Crippen LogP contribution in [0.1, 0.15) is 44.1 Å². The number of carbonyl (C=O) groups is 1. The molecule has 3 heterocycles. The van der Waals surface area contributed by atoms with Gasteiger partial charge in [-0.1, -0.05) is 40.6 Å². The number of furan rings is 1. The quantitative estimate of drug-likeness (QED) is 0.432. The predicted molar refractivity (Wildman–Crippen MR) is 129 cm³/mol. The van der Waals surface area contributed by atoms with E-state index < -0.39 is 12.0 Å². The summed E-state index contributed by atoms with van der Waals surface area (Å²) in [4.78, 5) is 32.1. The number of thiazole rings is 1. The van der Waals surface area contributed by atoms with E-state index in [9.17, 15) is 9.59 Å². The number of methoxy groups -OCH3 is 1. The number of hydrogen-bond donors (Lipinski definition) is 0. The summed E-state index contributed by atoms with van der Waals surface area (Å²) in [6.07, 6.45) is 4.60. The van der Waals surface area contributed by atoms with Gasteiger partial charge in [0, 0.05) is 16.1 Å². The van der Waals surface area contributed by atoms with Crippen LogP contribution in [0.15, 0.2) is 66.5 Å². The Hall–Kier alpha value is -2.91. The van der Waals surface area contributed by atoms with Gasteiger partial charge in [-0.15, -0.1) is 0 Å². The lowest BCUT2D eigenvalue weighted by Crippen LogP contribution is -2.40. The molecule has 0 saturated carbocycles. The Kier molecular flexibility index (Phi) is 6.99. The fourth-order valence-electron chi connectivity index (χ4n) is 3.84. The third-order valence-corrected chi connectivity index (χ3v) is 6.67. The molecular weight excluding hydrogens is 508 g/mol. The number of halogens is 1. The molecule has 0 spiro atoms. The molecule has 1 aromatic carbocycles. The topological polar surface area (TPSA) is 83.0 Å². The average molecular weight is 531 g/mol. The number of hydrogen-bond acceptors (Lipinski definition) is 7. The predicted octanol–water partition coefficient (Wildman–Crippen LogP) is 3.94. The number of carbonyl (C=O) groups excluding carboxylic acids is 1. The molecule has 0 bridgehead atoms. The number of fused-ring (bicyclic) bond motifs is 1. The van der Waals surface area contributed by atoms with Crippen LogP contribution in [0.3, 0.4) is 0 Å². The average Bonchev–Trinajstić information content (AvgIpc) is 3.41. The van der Waals surface area contributed by atoms with Crippen molar-refractivity contribution in [3.63, 3.8) is 0 Å². The van der Waals surface area contributed by atoms with E-state index in [1.807, 2.05) is 19.1 Å². The van der Waals surface area contributed by atoms with E-state index in [-0.39, 0.29) is 12.2 Å². The molecule has 0 unspecified atom stereocenters. The van der Waals surface area contributed by atoms with Crippen molar-refractivity contribution in [3.05, 3.63) is 83.3 Å². The van der Waals surface area contributed by atoms with E-state index in [0.29, 0.717) is 44.1 Å². The third-order valence-electron chi connectivity index (χ3n) is 5.20. The Morgan fingerprint density at radius 1 is 1.33 bits per heavy atom. The lowest BCUT2D eigenvalue weighted by atomic mass is 9.93. The number of nitrogens with zero attached hydrogens (tertiary/aromatic N) is 2. The lowest BCUT2D eigenvalue weighted by molar-refractivity contribution is -0.139. The van der Waals surface area contributed by atoms with Crippen LogP contribution in [0.5, 0.6) is 5.75 Å². The second-order valence-corrected chi connectivity index (χ2v) is 9.24. The van der Waals surface area contributed by atoms with Gasteiger partial charge in [0.15, 0.2) is 4.80 Å². The zero-order chi connectivity index (χ0) is 23.5. The van der Waals surface area contributed by atoms with E-state index in [1.165, 1.54) is 11.3 Å². The van der Waals surface area contributed by atoms with Crippen LogP contribution in [0, 0.1) is 0 Å². The van der Waals surface area contributed by atoms with Gasteiger partial charge in [0.2, 0.25) is 0 Å². The summed E-state index contributed by atoms with van der Waals surface area (Å²) in [5.41, 5.74) is 1.38. The van der Waals surface area contributed by atoms with E-state index in [4.69, 9.17) is 18.9 Å². The van der Waals surface area contributed by atoms with Crippen molar-refractivity contribution in [1.29, 1.82) is 0 Å². The molecule has 0 fully saturated rings. The first kappa shape index (κ1) is 23.3. The standard InChI is InChI=1S/C24H23BrN2O5S/c1-4-7-17-20(23(29)31-5-2)21(16-12-14(25)9-10-18(16)30-3)27-22(28)19(33-24(27)26-17)13-15-8-6-11-32-15/h6,8-13,21H,4-5,7H2,1-3H3/b19-13+/t21-/m1/s1. The van der Waals surface area contributed by atoms with E-state index in [1.54, 1.807) is 49.1 Å². The minimum atomic E-state index is -0.743. The van der Waals surface area contributed by atoms with Gasteiger partial charge in [-0.05, 0) is 43.7 Å². The van der Waals surface area contributed by atoms with Crippen molar-refractivity contribution >= 4 is 39.3 Å². The molecule has 0 N–H and O–H groups in total. The number of rotatable bonds is 7. The maximum absolute atomic E-state index is 13.6. The van der Waals surface area contributed by atoms with Crippen LogP contribution in [0.2, 0.25) is 0 Å². The Morgan fingerprint density at radius 3 is 2.82 bits per heavy atom. The summed E-state index contributed by atoms with van der Waals surface area (Å²) in [6.45, 7) is 3.99. The fraction of sp³-hybridized carbons (Fsp3) is 0.292. The molecule has 1 aliphatic rings. The second kappa shape index (κ2) is 9.93. The van der Waals surface area contributed by atoms with Crippen molar-refractivity contribution in [3.8, 4) is 5.75 Å². The van der Waals surface area contributed by atoms with Crippen molar-refractivity contribution < 1.29 is 18.7 Å². The highest BCUT2D eigenvalue weighted by Gasteiger charge is 2.36. The molecule has 1 atom stereocenters. The zero-order valence-corrected chi connectivity index (χ0v) is 20.9. The van der Waals surface area contributed by atoms with Crippen LogP contribution < -0.4 is 19.6 Å². The first-order chi connectivity index (χ1) is 16.0. The normalized spacial score (nSPS) is 15.9. The Labute approximate surface area is 202 Å². The largest absolute Gasteiger partial charge is 0.496 e. The number of benzene rings is 1. The molecule has 2 aromatic heterocycles. The maximum Gasteiger partial charge on any atom is 0.338 e. The maximum atomic E-state index is 13.6. The first-order valence-electron chi connectivity index (χ1n) is 10.6. The Balaban J connectivity index is 2.06. The summed E-state index contributed by atoms with van der Waals surface area (Å²) in [7, 11) is 1.56. The first-order valence-corrected chi connectivity index (χ1v) is 12.2. The van der Waals surface area contributed by atoms with Gasteiger partial charge in [0.25, 0.3) is 5.56 Å². The summed E-state index contributed by atoms with van der Waals surface area (Å²) in [6, 6.07) is 8.31. The molecule has 7 nitrogen and oxygen atoms in total. The summed E-state index contributed by atoms with van der Waals surface area (Å²) in [5, 5.41) is 0. The molecule has 0 saturated heterocycles. The molecular formula is C24H23BrN2O5S. The Bertz CT molecular complexity index is 1390. The van der Waals surface area contributed by atoms with Crippen molar-refractivity contribution in [2.75, 3.05) is 13.7 Å². The molecule has 0 amide bonds. The molecule has 0 radical (unpaired) electrons. The number of aromatic nitrogens is 1. The molecule has 1 aliphatic heterocycles. The van der Waals surface area contributed by atoms with Crippen molar-refractivity contribution in [2.24, 2.45) is 4.99 Å². The van der Waals surface area contributed by atoms with Gasteiger partial charge in [-0.25, -0.2) is 9.79 Å². The van der Waals surface area contributed by atoms with Crippen LogP contribution in [-0.4, -0.2) is 24.3 Å². The minimum absolute atomic E-state index is 0.215. The number of allylic oxidation sites excluding steroid dienone is 1. The van der Waals surface area contributed by atoms with Gasteiger partial charge >= 0.3 is 5.97 Å². The highest BCUT2D eigenvalue weighted by Crippen LogP contribution is 2.38. The summed E-state index contributed by atoms with van der Waals surface area (Å²) in [5.74, 6) is 0.635. The molecule has 172 valence electrons. The monoisotopic (exact) mass is 530 g/mol. The SMILES string of the molecule is CCCC1=C(C(=O)OCC)[C@@H](c2cc(Br)ccc2OC)n2c(s/c(=C/c3ccco3)c2=O)=N1.